The number of sulfone groups is 1. The third-order valence-electron chi connectivity index (χ3n) is 4.73. The number of carbonyl (C=O) groups excluding carboxylic acids is 1. The van der Waals surface area contributed by atoms with E-state index < -0.39 is 15.1 Å². The van der Waals surface area contributed by atoms with E-state index in [-0.39, 0.29) is 16.8 Å². The molecule has 0 spiro atoms. The molecule has 1 saturated heterocycles. The minimum absolute atomic E-state index is 0.0282. The van der Waals surface area contributed by atoms with Gasteiger partial charge in [-0.15, -0.1) is 10.2 Å². The molecule has 0 bridgehead atoms. The van der Waals surface area contributed by atoms with Crippen LogP contribution in [0.1, 0.15) is 23.4 Å². The van der Waals surface area contributed by atoms with Gasteiger partial charge in [-0.05, 0) is 25.0 Å². The average molecular weight is 374 g/mol. The fraction of sp³-hybridized carbons (Fsp3) is 0.353. The van der Waals surface area contributed by atoms with Gasteiger partial charge >= 0.3 is 0 Å². The number of fused-ring (bicyclic) bond motifs is 1. The van der Waals surface area contributed by atoms with Gasteiger partial charge in [0.15, 0.2) is 5.76 Å². The van der Waals surface area contributed by atoms with Gasteiger partial charge in [0, 0.05) is 25.5 Å². The summed E-state index contributed by atoms with van der Waals surface area (Å²) in [5, 5.41) is 7.64. The number of aryl methyl sites for hydroxylation is 1. The summed E-state index contributed by atoms with van der Waals surface area (Å²) in [6.07, 6.45) is 2.09. The monoisotopic (exact) mass is 374 g/mol. The van der Waals surface area contributed by atoms with Gasteiger partial charge in [0.1, 0.15) is 11.9 Å². The van der Waals surface area contributed by atoms with E-state index in [1.165, 1.54) is 10.9 Å². The molecule has 0 unspecified atom stereocenters. The average Bonchev–Trinajstić information content (AvgIpc) is 3.27. The van der Waals surface area contributed by atoms with Crippen molar-refractivity contribution in [1.82, 2.24) is 19.7 Å². The molecule has 1 aliphatic rings. The lowest BCUT2D eigenvalue weighted by Crippen LogP contribution is -2.42. The summed E-state index contributed by atoms with van der Waals surface area (Å²) < 4.78 is 32.4. The minimum atomic E-state index is -3.56. The van der Waals surface area contributed by atoms with E-state index in [0.29, 0.717) is 31.5 Å². The lowest BCUT2D eigenvalue weighted by Gasteiger charge is -2.30. The Morgan fingerprint density at radius 1 is 1.23 bits per heavy atom. The van der Waals surface area contributed by atoms with Gasteiger partial charge in [-0.25, -0.2) is 8.42 Å². The molecule has 9 heteroatoms. The van der Waals surface area contributed by atoms with Gasteiger partial charge in [-0.2, -0.15) is 0 Å². The standard InChI is InChI=1S/C17H18N4O4S/c1-20-11-18-19-17(20)26(23,24)13-6-8-21(9-7-13)16(22)15-10-12-4-2-3-5-14(12)25-15/h2-5,10-11,13H,6-9H2,1H3. The molecule has 0 atom stereocenters. The molecule has 1 amide bonds. The number of amides is 1. The predicted octanol–water partition coefficient (Wildman–Crippen LogP) is 1.64. The lowest BCUT2D eigenvalue weighted by molar-refractivity contribution is 0.0696. The Hall–Kier alpha value is -2.68. The van der Waals surface area contributed by atoms with Crippen LogP contribution in [-0.2, 0) is 16.9 Å². The summed E-state index contributed by atoms with van der Waals surface area (Å²) >= 11 is 0. The Morgan fingerprint density at radius 3 is 2.62 bits per heavy atom. The number of nitrogens with zero attached hydrogens (tertiary/aromatic N) is 4. The quantitative estimate of drug-likeness (QED) is 0.691. The Kier molecular flexibility index (Phi) is 4.03. The molecule has 1 aliphatic heterocycles. The van der Waals surface area contributed by atoms with Crippen LogP contribution in [-0.4, -0.2) is 52.3 Å². The van der Waals surface area contributed by atoms with Crippen molar-refractivity contribution in [3.8, 4) is 0 Å². The maximum atomic E-state index is 12.7. The Bertz CT molecular complexity index is 1030. The summed E-state index contributed by atoms with van der Waals surface area (Å²) in [6.45, 7) is 0.718. The zero-order chi connectivity index (χ0) is 18.3. The van der Waals surface area contributed by atoms with Crippen LogP contribution in [0.5, 0.6) is 0 Å². The predicted molar refractivity (Wildman–Crippen MR) is 93.3 cm³/mol. The third kappa shape index (κ3) is 2.78. The molecule has 1 aromatic carbocycles. The van der Waals surface area contributed by atoms with E-state index in [1.807, 2.05) is 24.3 Å². The topological polar surface area (TPSA) is 98.3 Å². The molecule has 26 heavy (non-hydrogen) atoms. The minimum Gasteiger partial charge on any atom is -0.451 e. The Balaban J connectivity index is 1.48. The first-order valence-corrected chi connectivity index (χ1v) is 9.87. The molecule has 1 fully saturated rings. The number of hydrogen-bond acceptors (Lipinski definition) is 6. The van der Waals surface area contributed by atoms with Gasteiger partial charge < -0.3 is 13.9 Å². The van der Waals surface area contributed by atoms with Gasteiger partial charge in [0.2, 0.25) is 15.0 Å². The zero-order valence-electron chi connectivity index (χ0n) is 14.2. The number of piperidine rings is 1. The number of likely N-dealkylation sites (tertiary alicyclic amines) is 1. The molecule has 4 rings (SSSR count). The fourth-order valence-electron chi connectivity index (χ4n) is 3.29. The lowest BCUT2D eigenvalue weighted by atomic mass is 10.1. The van der Waals surface area contributed by atoms with Crippen molar-refractivity contribution in [2.75, 3.05) is 13.1 Å². The molecular formula is C17H18N4O4S. The summed E-state index contributed by atoms with van der Waals surface area (Å²) in [7, 11) is -1.95. The van der Waals surface area contributed by atoms with Crippen LogP contribution in [0, 0.1) is 0 Å². The number of aromatic nitrogens is 3. The van der Waals surface area contributed by atoms with Crippen molar-refractivity contribution in [3.63, 3.8) is 0 Å². The van der Waals surface area contributed by atoms with Crippen molar-refractivity contribution in [2.45, 2.75) is 23.2 Å². The van der Waals surface area contributed by atoms with Crippen molar-refractivity contribution >= 4 is 26.7 Å². The first kappa shape index (κ1) is 16.8. The highest BCUT2D eigenvalue weighted by Gasteiger charge is 2.36. The maximum Gasteiger partial charge on any atom is 0.289 e. The number of furan rings is 1. The van der Waals surface area contributed by atoms with Crippen LogP contribution >= 0.6 is 0 Å². The molecule has 3 aromatic rings. The molecule has 3 heterocycles. The number of rotatable bonds is 3. The molecule has 0 radical (unpaired) electrons. The Labute approximate surface area is 150 Å². The van der Waals surface area contributed by atoms with Crippen molar-refractivity contribution in [2.24, 2.45) is 7.05 Å². The Morgan fingerprint density at radius 2 is 1.96 bits per heavy atom. The maximum absolute atomic E-state index is 12.7. The van der Waals surface area contributed by atoms with Crippen LogP contribution in [0.3, 0.4) is 0 Å². The first-order chi connectivity index (χ1) is 12.5. The van der Waals surface area contributed by atoms with Gasteiger partial charge in [-0.3, -0.25) is 4.79 Å². The number of benzene rings is 1. The van der Waals surface area contributed by atoms with Crippen LogP contribution in [0.25, 0.3) is 11.0 Å². The fourth-order valence-corrected chi connectivity index (χ4v) is 5.03. The summed E-state index contributed by atoms with van der Waals surface area (Å²) in [5.41, 5.74) is 0.663. The van der Waals surface area contributed by atoms with Gasteiger partial charge in [0.25, 0.3) is 5.91 Å². The SMILES string of the molecule is Cn1cnnc1S(=O)(=O)C1CCN(C(=O)c2cc3ccccc3o2)CC1. The van der Waals surface area contributed by atoms with Crippen molar-refractivity contribution in [1.29, 1.82) is 0 Å². The van der Waals surface area contributed by atoms with Crippen molar-refractivity contribution < 1.29 is 17.6 Å². The number of hydrogen-bond donors (Lipinski definition) is 0. The number of carbonyl (C=O) groups is 1. The molecule has 2 aromatic heterocycles. The summed E-state index contributed by atoms with van der Waals surface area (Å²) in [6, 6.07) is 9.15. The molecular weight excluding hydrogens is 356 g/mol. The molecule has 136 valence electrons. The summed E-state index contributed by atoms with van der Waals surface area (Å²) in [4.78, 5) is 14.3. The molecule has 8 nitrogen and oxygen atoms in total. The number of para-hydroxylation sites is 1. The smallest absolute Gasteiger partial charge is 0.289 e. The van der Waals surface area contributed by atoms with E-state index in [9.17, 15) is 13.2 Å². The zero-order valence-corrected chi connectivity index (χ0v) is 15.0. The second-order valence-electron chi connectivity index (χ2n) is 6.41. The highest BCUT2D eigenvalue weighted by molar-refractivity contribution is 7.91. The van der Waals surface area contributed by atoms with Gasteiger partial charge in [-0.1, -0.05) is 18.2 Å². The van der Waals surface area contributed by atoms with Crippen molar-refractivity contribution in [3.05, 3.63) is 42.4 Å². The summed E-state index contributed by atoms with van der Waals surface area (Å²) in [5.74, 6) is 0.0662. The van der Waals surface area contributed by atoms with E-state index in [1.54, 1.807) is 18.0 Å². The highest BCUT2D eigenvalue weighted by Crippen LogP contribution is 2.25. The van der Waals surface area contributed by atoms with Crippen LogP contribution in [0.2, 0.25) is 0 Å². The highest BCUT2D eigenvalue weighted by atomic mass is 32.2. The van der Waals surface area contributed by atoms with Gasteiger partial charge in [0.05, 0.1) is 5.25 Å². The normalized spacial score (nSPS) is 16.3. The van der Waals surface area contributed by atoms with E-state index >= 15 is 0 Å². The second-order valence-corrected chi connectivity index (χ2v) is 8.53. The first-order valence-electron chi connectivity index (χ1n) is 8.32. The second kappa shape index (κ2) is 6.24. The molecule has 0 saturated carbocycles. The molecule has 0 N–H and O–H groups in total. The largest absolute Gasteiger partial charge is 0.451 e. The van der Waals surface area contributed by atoms with Crippen LogP contribution in [0.15, 0.2) is 46.2 Å². The third-order valence-corrected chi connectivity index (χ3v) is 6.96. The van der Waals surface area contributed by atoms with Crippen LogP contribution in [0.4, 0.5) is 0 Å². The van der Waals surface area contributed by atoms with E-state index in [4.69, 9.17) is 4.42 Å². The van der Waals surface area contributed by atoms with E-state index in [2.05, 4.69) is 10.2 Å². The van der Waals surface area contributed by atoms with Crippen LogP contribution < -0.4 is 0 Å². The van der Waals surface area contributed by atoms with E-state index in [0.717, 1.165) is 5.39 Å². The molecule has 0 aliphatic carbocycles.